The Bertz CT molecular complexity index is 953. The van der Waals surface area contributed by atoms with Crippen LogP contribution in [0.15, 0.2) is 109 Å². The summed E-state index contributed by atoms with van der Waals surface area (Å²) in [6.07, 6.45) is 0. The fraction of sp³-hybridized carbons (Fsp3) is 0.0400. The van der Waals surface area contributed by atoms with E-state index in [1.54, 1.807) is 12.1 Å². The molecule has 2 heteroatoms. The van der Waals surface area contributed by atoms with Crippen molar-refractivity contribution >= 4 is 0 Å². The van der Waals surface area contributed by atoms with Gasteiger partial charge in [0.15, 0.2) is 0 Å². The van der Waals surface area contributed by atoms with Gasteiger partial charge in [0.25, 0.3) is 0 Å². The monoisotopic (exact) mass is 352 g/mol. The molecule has 0 bridgehead atoms. The summed E-state index contributed by atoms with van der Waals surface area (Å²) in [7, 11) is 0. The van der Waals surface area contributed by atoms with Crippen LogP contribution in [0.5, 0.6) is 11.5 Å². The normalized spacial score (nSPS) is 11.3. The minimum atomic E-state index is -0.848. The third kappa shape index (κ3) is 2.76. The highest BCUT2D eigenvalue weighted by atomic mass is 16.3. The molecule has 0 aliphatic heterocycles. The third-order valence-electron chi connectivity index (χ3n) is 5.03. The van der Waals surface area contributed by atoms with E-state index in [1.165, 1.54) is 0 Å². The van der Waals surface area contributed by atoms with Crippen molar-refractivity contribution < 1.29 is 10.2 Å². The second-order valence-corrected chi connectivity index (χ2v) is 6.52. The Morgan fingerprint density at radius 1 is 0.407 bits per heavy atom. The SMILES string of the molecule is Oc1ccccc1C(c1ccccc1)(c1ccccc1)c1ccccc1O. The van der Waals surface area contributed by atoms with Crippen LogP contribution in [0.25, 0.3) is 0 Å². The summed E-state index contributed by atoms with van der Waals surface area (Å²) < 4.78 is 0. The lowest BCUT2D eigenvalue weighted by Gasteiger charge is -2.37. The fourth-order valence-corrected chi connectivity index (χ4v) is 3.89. The van der Waals surface area contributed by atoms with Crippen molar-refractivity contribution in [3.63, 3.8) is 0 Å². The number of benzene rings is 4. The van der Waals surface area contributed by atoms with E-state index in [9.17, 15) is 10.2 Å². The van der Waals surface area contributed by atoms with E-state index in [0.717, 1.165) is 22.3 Å². The smallest absolute Gasteiger partial charge is 0.120 e. The Labute approximate surface area is 159 Å². The van der Waals surface area contributed by atoms with E-state index < -0.39 is 5.41 Å². The molecular weight excluding hydrogens is 332 g/mol. The standard InChI is InChI=1S/C25H20O2/c26-23-17-9-7-15-21(23)25(19-11-3-1-4-12-19,20-13-5-2-6-14-20)22-16-8-10-18-24(22)27/h1-18,26-27H. The molecule has 0 saturated carbocycles. The number of para-hydroxylation sites is 2. The zero-order valence-corrected chi connectivity index (χ0v) is 14.8. The first-order chi connectivity index (χ1) is 13.2. The molecule has 0 radical (unpaired) electrons. The maximum Gasteiger partial charge on any atom is 0.120 e. The predicted octanol–water partition coefficient (Wildman–Crippen LogP) is 5.48. The summed E-state index contributed by atoms with van der Waals surface area (Å²) in [5.41, 5.74) is 2.55. The van der Waals surface area contributed by atoms with E-state index in [4.69, 9.17) is 0 Å². The Hall–Kier alpha value is -3.52. The van der Waals surface area contributed by atoms with E-state index in [1.807, 2.05) is 97.1 Å². The lowest BCUT2D eigenvalue weighted by molar-refractivity contribution is 0.447. The molecule has 2 N–H and O–H groups in total. The highest BCUT2D eigenvalue weighted by Crippen LogP contribution is 2.50. The van der Waals surface area contributed by atoms with Gasteiger partial charge in [-0.1, -0.05) is 97.1 Å². The van der Waals surface area contributed by atoms with E-state index >= 15 is 0 Å². The summed E-state index contributed by atoms with van der Waals surface area (Å²) in [6, 6.07) is 34.6. The fourth-order valence-electron chi connectivity index (χ4n) is 3.89. The van der Waals surface area contributed by atoms with E-state index in [-0.39, 0.29) is 11.5 Å². The maximum atomic E-state index is 10.8. The van der Waals surface area contributed by atoms with Gasteiger partial charge < -0.3 is 10.2 Å². The second kappa shape index (κ2) is 7.00. The number of aromatic hydroxyl groups is 2. The van der Waals surface area contributed by atoms with Gasteiger partial charge >= 0.3 is 0 Å². The second-order valence-electron chi connectivity index (χ2n) is 6.52. The largest absolute Gasteiger partial charge is 0.508 e. The molecule has 0 aromatic heterocycles. The van der Waals surface area contributed by atoms with Crippen molar-refractivity contribution in [3.05, 3.63) is 131 Å². The lowest BCUT2D eigenvalue weighted by Crippen LogP contribution is -2.31. The van der Waals surface area contributed by atoms with Gasteiger partial charge in [0.05, 0.1) is 5.41 Å². The van der Waals surface area contributed by atoms with Gasteiger partial charge in [0.1, 0.15) is 11.5 Å². The minimum absolute atomic E-state index is 0.188. The first-order valence-electron chi connectivity index (χ1n) is 8.92. The number of rotatable bonds is 4. The van der Waals surface area contributed by atoms with Crippen LogP contribution < -0.4 is 0 Å². The Morgan fingerprint density at radius 2 is 0.741 bits per heavy atom. The van der Waals surface area contributed by atoms with E-state index in [2.05, 4.69) is 0 Å². The van der Waals surface area contributed by atoms with Crippen LogP contribution in [-0.2, 0) is 5.41 Å². The molecule has 2 nitrogen and oxygen atoms in total. The molecule has 27 heavy (non-hydrogen) atoms. The molecule has 4 aromatic carbocycles. The van der Waals surface area contributed by atoms with Gasteiger partial charge in [0.2, 0.25) is 0 Å². The molecular formula is C25H20O2. The molecule has 0 aliphatic carbocycles. The summed E-state index contributed by atoms with van der Waals surface area (Å²) >= 11 is 0. The van der Waals surface area contributed by atoms with Gasteiger partial charge in [0, 0.05) is 11.1 Å². The quantitative estimate of drug-likeness (QED) is 0.477. The van der Waals surface area contributed by atoms with Crippen LogP contribution in [0.3, 0.4) is 0 Å². The average molecular weight is 352 g/mol. The van der Waals surface area contributed by atoms with Crippen LogP contribution in [0, 0.1) is 0 Å². The molecule has 0 atom stereocenters. The molecule has 0 spiro atoms. The van der Waals surface area contributed by atoms with Crippen molar-refractivity contribution in [3.8, 4) is 11.5 Å². The van der Waals surface area contributed by atoms with Crippen molar-refractivity contribution in [2.24, 2.45) is 0 Å². The Balaban J connectivity index is 2.20. The molecule has 4 rings (SSSR count). The summed E-state index contributed by atoms with van der Waals surface area (Å²) in [4.78, 5) is 0. The highest BCUT2D eigenvalue weighted by molar-refractivity contribution is 5.65. The highest BCUT2D eigenvalue weighted by Gasteiger charge is 2.41. The molecule has 0 fully saturated rings. The molecule has 0 aliphatic rings. The van der Waals surface area contributed by atoms with Gasteiger partial charge in [-0.05, 0) is 23.3 Å². The zero-order valence-electron chi connectivity index (χ0n) is 14.8. The van der Waals surface area contributed by atoms with Crippen molar-refractivity contribution in [2.45, 2.75) is 5.41 Å². The maximum absolute atomic E-state index is 10.8. The van der Waals surface area contributed by atoms with Gasteiger partial charge in [-0.25, -0.2) is 0 Å². The van der Waals surface area contributed by atoms with Gasteiger partial charge in [-0.3, -0.25) is 0 Å². The van der Waals surface area contributed by atoms with Crippen molar-refractivity contribution in [2.75, 3.05) is 0 Å². The topological polar surface area (TPSA) is 40.5 Å². The van der Waals surface area contributed by atoms with Crippen LogP contribution in [0.4, 0.5) is 0 Å². The van der Waals surface area contributed by atoms with Gasteiger partial charge in [-0.2, -0.15) is 0 Å². The summed E-state index contributed by atoms with van der Waals surface area (Å²) in [6.45, 7) is 0. The Morgan fingerprint density at radius 3 is 1.11 bits per heavy atom. The molecule has 132 valence electrons. The Kier molecular flexibility index (Phi) is 4.39. The third-order valence-corrected chi connectivity index (χ3v) is 5.03. The van der Waals surface area contributed by atoms with Crippen molar-refractivity contribution in [1.82, 2.24) is 0 Å². The lowest BCUT2D eigenvalue weighted by atomic mass is 9.64. The number of phenols is 2. The summed E-state index contributed by atoms with van der Waals surface area (Å²) in [5.74, 6) is 0.377. The minimum Gasteiger partial charge on any atom is -0.508 e. The molecule has 0 saturated heterocycles. The van der Waals surface area contributed by atoms with Crippen molar-refractivity contribution in [1.29, 1.82) is 0 Å². The average Bonchev–Trinajstić information content (AvgIpc) is 2.73. The predicted molar refractivity (Wildman–Crippen MR) is 108 cm³/mol. The molecule has 0 heterocycles. The molecule has 4 aromatic rings. The zero-order chi connectivity index (χ0) is 18.7. The van der Waals surface area contributed by atoms with Gasteiger partial charge in [-0.15, -0.1) is 0 Å². The van der Waals surface area contributed by atoms with Crippen LogP contribution in [-0.4, -0.2) is 10.2 Å². The van der Waals surface area contributed by atoms with Crippen LogP contribution in [0.1, 0.15) is 22.3 Å². The first kappa shape index (κ1) is 16.9. The van der Waals surface area contributed by atoms with Crippen LogP contribution >= 0.6 is 0 Å². The van der Waals surface area contributed by atoms with Crippen LogP contribution in [0.2, 0.25) is 0 Å². The molecule has 0 unspecified atom stereocenters. The number of hydrogen-bond donors (Lipinski definition) is 2. The van der Waals surface area contributed by atoms with E-state index in [0.29, 0.717) is 0 Å². The number of hydrogen-bond acceptors (Lipinski definition) is 2. The first-order valence-corrected chi connectivity index (χ1v) is 8.92. The number of phenolic OH excluding ortho intramolecular Hbond substituents is 2. The summed E-state index contributed by atoms with van der Waals surface area (Å²) in [5, 5.41) is 21.7. The molecule has 0 amide bonds.